The molecule has 0 saturated heterocycles. The predicted octanol–water partition coefficient (Wildman–Crippen LogP) is 3.02. The van der Waals surface area contributed by atoms with E-state index in [2.05, 4.69) is 0 Å². The molecule has 1 unspecified atom stereocenters. The summed E-state index contributed by atoms with van der Waals surface area (Å²) in [5.74, 6) is 0.478. The predicted molar refractivity (Wildman–Crippen MR) is 67.3 cm³/mol. The van der Waals surface area contributed by atoms with Crippen LogP contribution in [0.5, 0.6) is 5.75 Å². The van der Waals surface area contributed by atoms with Gasteiger partial charge < -0.3 is 9.47 Å². The van der Waals surface area contributed by atoms with Crippen molar-refractivity contribution in [3.05, 3.63) is 29.3 Å². The number of carbonyl (C=O) groups excluding carboxylic acids is 1. The van der Waals surface area contributed by atoms with Gasteiger partial charge in [0, 0.05) is 0 Å². The van der Waals surface area contributed by atoms with Gasteiger partial charge in [0.05, 0.1) is 7.11 Å². The SMILES string of the molecule is CCCC(Oc1c(C)cccc1C)C(=O)OC. The second-order valence-corrected chi connectivity index (χ2v) is 4.14. The molecule has 0 fully saturated rings. The van der Waals surface area contributed by atoms with Crippen molar-refractivity contribution in [3.63, 3.8) is 0 Å². The lowest BCUT2D eigenvalue weighted by Gasteiger charge is -2.19. The van der Waals surface area contributed by atoms with Crippen LogP contribution in [-0.4, -0.2) is 19.2 Å². The third kappa shape index (κ3) is 3.48. The molecule has 0 aromatic heterocycles. The second kappa shape index (κ2) is 6.28. The van der Waals surface area contributed by atoms with Crippen LogP contribution in [0.3, 0.4) is 0 Å². The second-order valence-electron chi connectivity index (χ2n) is 4.14. The molecule has 3 nitrogen and oxygen atoms in total. The first kappa shape index (κ1) is 13.6. The van der Waals surface area contributed by atoms with Crippen LogP contribution < -0.4 is 4.74 Å². The zero-order chi connectivity index (χ0) is 12.8. The first-order chi connectivity index (χ1) is 8.10. The van der Waals surface area contributed by atoms with Gasteiger partial charge in [0.25, 0.3) is 0 Å². The molecular formula is C14H20O3. The molecule has 0 heterocycles. The average Bonchev–Trinajstić information content (AvgIpc) is 2.31. The monoisotopic (exact) mass is 236 g/mol. The maximum absolute atomic E-state index is 11.6. The van der Waals surface area contributed by atoms with Gasteiger partial charge >= 0.3 is 5.97 Å². The number of carbonyl (C=O) groups is 1. The van der Waals surface area contributed by atoms with Crippen molar-refractivity contribution < 1.29 is 14.3 Å². The van der Waals surface area contributed by atoms with E-state index in [1.165, 1.54) is 7.11 Å². The van der Waals surface area contributed by atoms with Crippen LogP contribution in [0.15, 0.2) is 18.2 Å². The minimum atomic E-state index is -0.509. The van der Waals surface area contributed by atoms with Gasteiger partial charge in [-0.05, 0) is 31.4 Å². The van der Waals surface area contributed by atoms with Crippen LogP contribution >= 0.6 is 0 Å². The van der Waals surface area contributed by atoms with E-state index >= 15 is 0 Å². The lowest BCUT2D eigenvalue weighted by Crippen LogP contribution is -2.28. The summed E-state index contributed by atoms with van der Waals surface area (Å²) in [5, 5.41) is 0. The van der Waals surface area contributed by atoms with E-state index in [0.717, 1.165) is 23.3 Å². The lowest BCUT2D eigenvalue weighted by molar-refractivity contribution is -0.149. The zero-order valence-electron chi connectivity index (χ0n) is 10.9. The molecule has 0 saturated carbocycles. The maximum atomic E-state index is 11.6. The molecule has 0 aliphatic heterocycles. The van der Waals surface area contributed by atoms with Gasteiger partial charge in [-0.3, -0.25) is 0 Å². The van der Waals surface area contributed by atoms with Crippen molar-refractivity contribution in [1.82, 2.24) is 0 Å². The fourth-order valence-corrected chi connectivity index (χ4v) is 1.75. The van der Waals surface area contributed by atoms with Crippen molar-refractivity contribution in [1.29, 1.82) is 0 Å². The highest BCUT2D eigenvalue weighted by Crippen LogP contribution is 2.24. The van der Waals surface area contributed by atoms with E-state index in [-0.39, 0.29) is 5.97 Å². The molecule has 94 valence electrons. The third-order valence-electron chi connectivity index (χ3n) is 2.68. The summed E-state index contributed by atoms with van der Waals surface area (Å²) in [5.41, 5.74) is 2.07. The third-order valence-corrected chi connectivity index (χ3v) is 2.68. The first-order valence-electron chi connectivity index (χ1n) is 5.90. The standard InChI is InChI=1S/C14H20O3/c1-5-7-12(14(15)16-4)17-13-10(2)8-6-9-11(13)3/h6,8-9,12H,5,7H2,1-4H3. The van der Waals surface area contributed by atoms with Gasteiger partial charge in [-0.25, -0.2) is 4.79 Å². The maximum Gasteiger partial charge on any atom is 0.347 e. The average molecular weight is 236 g/mol. The molecule has 0 aliphatic carbocycles. The molecule has 1 atom stereocenters. The highest BCUT2D eigenvalue weighted by molar-refractivity contribution is 5.75. The smallest absolute Gasteiger partial charge is 0.347 e. The number of rotatable bonds is 5. The first-order valence-corrected chi connectivity index (χ1v) is 5.90. The number of hydrogen-bond acceptors (Lipinski definition) is 3. The Hall–Kier alpha value is -1.51. The quantitative estimate of drug-likeness (QED) is 0.737. The Bertz CT molecular complexity index is 365. The number of methoxy groups -OCH3 is 1. The molecular weight excluding hydrogens is 216 g/mol. The highest BCUT2D eigenvalue weighted by atomic mass is 16.6. The molecule has 0 amide bonds. The van der Waals surface area contributed by atoms with E-state index in [9.17, 15) is 4.79 Å². The summed E-state index contributed by atoms with van der Waals surface area (Å²) in [6.45, 7) is 5.97. The van der Waals surface area contributed by atoms with Crippen LogP contribution in [0, 0.1) is 13.8 Å². The fourth-order valence-electron chi connectivity index (χ4n) is 1.75. The molecule has 3 heteroatoms. The summed E-state index contributed by atoms with van der Waals surface area (Å²) < 4.78 is 10.5. The van der Waals surface area contributed by atoms with Crippen molar-refractivity contribution >= 4 is 5.97 Å². The van der Waals surface area contributed by atoms with Crippen LogP contribution in [0.4, 0.5) is 0 Å². The summed E-state index contributed by atoms with van der Waals surface area (Å²) in [6, 6.07) is 5.93. The fraction of sp³-hybridized carbons (Fsp3) is 0.500. The molecule has 1 aromatic carbocycles. The number of para-hydroxylation sites is 1. The molecule has 1 rings (SSSR count). The molecule has 0 radical (unpaired) electrons. The van der Waals surface area contributed by atoms with E-state index in [1.807, 2.05) is 39.0 Å². The molecule has 17 heavy (non-hydrogen) atoms. The van der Waals surface area contributed by atoms with Crippen LogP contribution in [-0.2, 0) is 9.53 Å². The van der Waals surface area contributed by atoms with Crippen LogP contribution in [0.1, 0.15) is 30.9 Å². The van der Waals surface area contributed by atoms with Gasteiger partial charge in [0.2, 0.25) is 0 Å². The van der Waals surface area contributed by atoms with Gasteiger partial charge in [0.15, 0.2) is 6.10 Å². The van der Waals surface area contributed by atoms with Crippen molar-refractivity contribution in [2.24, 2.45) is 0 Å². The molecule has 0 bridgehead atoms. The summed E-state index contributed by atoms with van der Waals surface area (Å²) >= 11 is 0. The number of esters is 1. The molecule has 0 aliphatic rings. The van der Waals surface area contributed by atoms with Crippen molar-refractivity contribution in [3.8, 4) is 5.75 Å². The van der Waals surface area contributed by atoms with Crippen molar-refractivity contribution in [2.75, 3.05) is 7.11 Å². The van der Waals surface area contributed by atoms with Crippen LogP contribution in [0.2, 0.25) is 0 Å². The number of benzene rings is 1. The van der Waals surface area contributed by atoms with Gasteiger partial charge in [-0.2, -0.15) is 0 Å². The van der Waals surface area contributed by atoms with E-state index in [0.29, 0.717) is 6.42 Å². The minimum Gasteiger partial charge on any atom is -0.478 e. The Morgan fingerprint density at radius 3 is 2.35 bits per heavy atom. The summed E-state index contributed by atoms with van der Waals surface area (Å²) in [6.07, 6.45) is 1.04. The molecule has 0 N–H and O–H groups in total. The summed E-state index contributed by atoms with van der Waals surface area (Å²) in [7, 11) is 1.39. The Balaban J connectivity index is 2.89. The Kier molecular flexibility index (Phi) is 5.01. The number of hydrogen-bond donors (Lipinski definition) is 0. The van der Waals surface area contributed by atoms with Gasteiger partial charge in [0.1, 0.15) is 5.75 Å². The zero-order valence-corrected chi connectivity index (χ0v) is 10.9. The van der Waals surface area contributed by atoms with Crippen LogP contribution in [0.25, 0.3) is 0 Å². The minimum absolute atomic E-state index is 0.311. The normalized spacial score (nSPS) is 12.0. The van der Waals surface area contributed by atoms with Gasteiger partial charge in [-0.1, -0.05) is 31.5 Å². The van der Waals surface area contributed by atoms with Crippen molar-refractivity contribution in [2.45, 2.75) is 39.7 Å². The summed E-state index contributed by atoms with van der Waals surface area (Å²) in [4.78, 5) is 11.6. The van der Waals surface area contributed by atoms with E-state index < -0.39 is 6.10 Å². The molecule has 1 aromatic rings. The number of ether oxygens (including phenoxy) is 2. The van der Waals surface area contributed by atoms with E-state index in [1.54, 1.807) is 0 Å². The largest absolute Gasteiger partial charge is 0.478 e. The van der Waals surface area contributed by atoms with Gasteiger partial charge in [-0.15, -0.1) is 0 Å². The van der Waals surface area contributed by atoms with E-state index in [4.69, 9.17) is 9.47 Å². The number of aryl methyl sites for hydroxylation is 2. The Morgan fingerprint density at radius 1 is 1.29 bits per heavy atom. The lowest BCUT2D eigenvalue weighted by atomic mass is 10.1. The topological polar surface area (TPSA) is 35.5 Å². The Morgan fingerprint density at radius 2 is 1.88 bits per heavy atom. The molecule has 0 spiro atoms. The Labute approximate surface area is 103 Å². The highest BCUT2D eigenvalue weighted by Gasteiger charge is 2.21.